The quantitative estimate of drug-likeness (QED) is 0.165. The Bertz CT molecular complexity index is 4440. The van der Waals surface area contributed by atoms with E-state index in [1.807, 2.05) is 11.3 Å². The van der Waals surface area contributed by atoms with Crippen molar-refractivity contribution in [3.63, 3.8) is 0 Å². The fraction of sp³-hybridized carbons (Fsp3) is 0.0323. The van der Waals surface area contributed by atoms with E-state index in [0.29, 0.717) is 5.95 Å². The summed E-state index contributed by atoms with van der Waals surface area (Å²) in [5, 5.41) is 13.5. The van der Waals surface area contributed by atoms with E-state index in [-0.39, 0.29) is 0 Å². The summed E-state index contributed by atoms with van der Waals surface area (Å²) >= 11 is 1.87. The Morgan fingerprint density at radius 1 is 0.433 bits per heavy atom. The van der Waals surface area contributed by atoms with Crippen molar-refractivity contribution in [3.8, 4) is 34.0 Å². The normalized spacial score (nSPS) is 12.9. The zero-order chi connectivity index (χ0) is 43.7. The van der Waals surface area contributed by atoms with Crippen molar-refractivity contribution in [1.82, 2.24) is 19.1 Å². The molecule has 0 spiro atoms. The van der Waals surface area contributed by atoms with Gasteiger partial charge in [0.25, 0.3) is 0 Å². The molecule has 4 heterocycles. The van der Waals surface area contributed by atoms with Gasteiger partial charge in [-0.1, -0.05) is 158 Å². The SMILES string of the molecule is C1=Cc2c(c3ccccc3c3c(-c4ccccc4)nc(-n4c5ccc(-c6ccc7c(c6)c6ccccc6n7-c6ccccc6)cc5c5c6ccccc6c6c7ccccc7sc6c54)nc23)CC1. The Balaban J connectivity index is 1.08. The van der Waals surface area contributed by atoms with E-state index < -0.39 is 0 Å². The first-order valence-corrected chi connectivity index (χ1v) is 24.0. The number of fused-ring (bicyclic) bond motifs is 19. The molecule has 0 radical (unpaired) electrons. The van der Waals surface area contributed by atoms with E-state index in [4.69, 9.17) is 9.97 Å². The Morgan fingerprint density at radius 2 is 1.03 bits per heavy atom. The molecule has 0 unspecified atom stereocenters. The first-order valence-electron chi connectivity index (χ1n) is 23.1. The monoisotopic (exact) mass is 870 g/mol. The highest BCUT2D eigenvalue weighted by Crippen LogP contribution is 2.49. The molecule has 5 heteroatoms. The molecule has 67 heavy (non-hydrogen) atoms. The highest BCUT2D eigenvalue weighted by atomic mass is 32.1. The van der Waals surface area contributed by atoms with Gasteiger partial charge in [-0.2, -0.15) is 0 Å². The van der Waals surface area contributed by atoms with Gasteiger partial charge in [0.1, 0.15) is 0 Å². The van der Waals surface area contributed by atoms with Crippen molar-refractivity contribution >= 4 is 114 Å². The van der Waals surface area contributed by atoms with Gasteiger partial charge < -0.3 is 4.57 Å². The third-order valence-corrected chi connectivity index (χ3v) is 15.5. The number of hydrogen-bond donors (Lipinski definition) is 0. The van der Waals surface area contributed by atoms with E-state index in [2.05, 4.69) is 215 Å². The highest BCUT2D eigenvalue weighted by molar-refractivity contribution is 7.27. The van der Waals surface area contributed by atoms with E-state index in [1.54, 1.807) is 0 Å². The summed E-state index contributed by atoms with van der Waals surface area (Å²) in [4.78, 5) is 11.5. The number of aryl methyl sites for hydroxylation is 1. The standard InChI is InChI=1S/C62H38N4S/c1-3-17-37(18-4-1)58-57-44-24-9-7-21-41(44)42-22-8-12-27-47(42)59(57)64-62(63-58)66-53-34-32-39(38-31-33-52-49(35-38)43-23-13-15-29-51(43)65(52)40-19-5-2-6-20-40)36-50(53)55-45-25-10-11-26-46(45)56-48-28-14-16-30-54(48)67-61(56)60(55)66/h1-7,9-21,23-36H,8,22H2. The van der Waals surface area contributed by atoms with Gasteiger partial charge >= 0.3 is 0 Å². The van der Waals surface area contributed by atoms with Crippen LogP contribution in [0.1, 0.15) is 17.5 Å². The van der Waals surface area contributed by atoms with Gasteiger partial charge in [-0.3, -0.25) is 4.57 Å². The Labute approximate surface area is 388 Å². The number of allylic oxidation sites excluding steroid dienone is 1. The second kappa shape index (κ2) is 14.1. The summed E-state index contributed by atoms with van der Waals surface area (Å²) in [6.07, 6.45) is 6.61. The third-order valence-electron chi connectivity index (χ3n) is 14.4. The minimum atomic E-state index is 0.680. The van der Waals surface area contributed by atoms with E-state index in [1.165, 1.54) is 96.5 Å². The third kappa shape index (κ3) is 5.23. The molecule has 0 saturated carbocycles. The van der Waals surface area contributed by atoms with Crippen molar-refractivity contribution in [2.45, 2.75) is 12.8 Å². The summed E-state index contributed by atoms with van der Waals surface area (Å²) in [5.74, 6) is 0.680. The van der Waals surface area contributed by atoms with Crippen LogP contribution in [0.4, 0.5) is 0 Å². The first-order chi connectivity index (χ1) is 33.3. The molecule has 1 aliphatic rings. The predicted octanol–water partition coefficient (Wildman–Crippen LogP) is 16.8. The Morgan fingerprint density at radius 3 is 1.81 bits per heavy atom. The highest BCUT2D eigenvalue weighted by Gasteiger charge is 2.27. The molecule has 0 fully saturated rings. The van der Waals surface area contributed by atoms with Crippen molar-refractivity contribution in [2.75, 3.05) is 0 Å². The molecule has 0 atom stereocenters. The number of aromatic nitrogens is 4. The van der Waals surface area contributed by atoms with Crippen LogP contribution in [0.2, 0.25) is 0 Å². The lowest BCUT2D eigenvalue weighted by Gasteiger charge is -2.20. The number of benzene rings is 10. The van der Waals surface area contributed by atoms with Crippen LogP contribution in [-0.4, -0.2) is 19.1 Å². The molecule has 0 saturated heterocycles. The number of thiophene rings is 1. The fourth-order valence-electron chi connectivity index (χ4n) is 11.5. The van der Waals surface area contributed by atoms with Gasteiger partial charge in [0, 0.05) is 59.2 Å². The van der Waals surface area contributed by atoms with Crippen molar-refractivity contribution in [1.29, 1.82) is 0 Å². The average Bonchev–Trinajstić information content (AvgIpc) is 4.07. The van der Waals surface area contributed by atoms with Crippen LogP contribution in [0.25, 0.3) is 136 Å². The lowest BCUT2D eigenvalue weighted by atomic mass is 9.87. The first kappa shape index (κ1) is 36.9. The molecule has 312 valence electrons. The summed E-state index contributed by atoms with van der Waals surface area (Å²) in [5.41, 5.74) is 13.7. The van der Waals surface area contributed by atoms with Crippen LogP contribution < -0.4 is 0 Å². The summed E-state index contributed by atoms with van der Waals surface area (Å²) in [6, 6.07) is 71.0. The Kier molecular flexibility index (Phi) is 7.74. The molecule has 4 nitrogen and oxygen atoms in total. The molecule has 14 aromatic rings. The molecule has 4 aromatic heterocycles. The van der Waals surface area contributed by atoms with Crippen molar-refractivity contribution in [3.05, 3.63) is 211 Å². The number of para-hydroxylation sites is 2. The molecule has 15 rings (SSSR count). The maximum Gasteiger partial charge on any atom is 0.235 e. The van der Waals surface area contributed by atoms with Gasteiger partial charge in [-0.15, -0.1) is 11.3 Å². The van der Waals surface area contributed by atoms with Crippen molar-refractivity contribution in [2.24, 2.45) is 0 Å². The second-order valence-electron chi connectivity index (χ2n) is 17.9. The van der Waals surface area contributed by atoms with E-state index in [0.717, 1.165) is 51.7 Å². The number of hydrogen-bond acceptors (Lipinski definition) is 3. The van der Waals surface area contributed by atoms with E-state index >= 15 is 0 Å². The van der Waals surface area contributed by atoms with Crippen molar-refractivity contribution < 1.29 is 0 Å². The minimum absolute atomic E-state index is 0.680. The minimum Gasteiger partial charge on any atom is -0.309 e. The average molecular weight is 871 g/mol. The molecule has 0 bridgehead atoms. The van der Waals surface area contributed by atoms with Crippen LogP contribution in [0, 0.1) is 0 Å². The van der Waals surface area contributed by atoms with E-state index in [9.17, 15) is 0 Å². The zero-order valence-electron chi connectivity index (χ0n) is 36.2. The zero-order valence-corrected chi connectivity index (χ0v) is 37.1. The molecular weight excluding hydrogens is 833 g/mol. The van der Waals surface area contributed by atoms with Crippen LogP contribution in [0.3, 0.4) is 0 Å². The Hall–Kier alpha value is -8.38. The smallest absolute Gasteiger partial charge is 0.235 e. The molecule has 1 aliphatic carbocycles. The molecule has 10 aromatic carbocycles. The fourth-order valence-corrected chi connectivity index (χ4v) is 12.8. The number of nitrogens with zero attached hydrogens (tertiary/aromatic N) is 4. The summed E-state index contributed by atoms with van der Waals surface area (Å²) in [6.45, 7) is 0. The second-order valence-corrected chi connectivity index (χ2v) is 19.0. The van der Waals surface area contributed by atoms with Crippen LogP contribution >= 0.6 is 11.3 Å². The van der Waals surface area contributed by atoms with Crippen LogP contribution in [-0.2, 0) is 6.42 Å². The molecule has 0 amide bonds. The van der Waals surface area contributed by atoms with Gasteiger partial charge in [0.2, 0.25) is 5.95 Å². The summed E-state index contributed by atoms with van der Waals surface area (Å²) in [7, 11) is 0. The number of rotatable bonds is 4. The lowest BCUT2D eigenvalue weighted by molar-refractivity contribution is 0.990. The van der Waals surface area contributed by atoms with Gasteiger partial charge in [0.15, 0.2) is 0 Å². The molecule has 0 N–H and O–H groups in total. The summed E-state index contributed by atoms with van der Waals surface area (Å²) < 4.78 is 7.30. The predicted molar refractivity (Wildman–Crippen MR) is 284 cm³/mol. The van der Waals surface area contributed by atoms with Crippen LogP contribution in [0.15, 0.2) is 200 Å². The molecular formula is C62H38N4S. The molecule has 0 aliphatic heterocycles. The van der Waals surface area contributed by atoms with Gasteiger partial charge in [-0.05, 0) is 99.6 Å². The lowest BCUT2D eigenvalue weighted by Crippen LogP contribution is -2.07. The maximum atomic E-state index is 5.78. The maximum absolute atomic E-state index is 5.78. The van der Waals surface area contributed by atoms with Crippen LogP contribution in [0.5, 0.6) is 0 Å². The van der Waals surface area contributed by atoms with Gasteiger partial charge in [-0.25, -0.2) is 9.97 Å². The van der Waals surface area contributed by atoms with Gasteiger partial charge in [0.05, 0.1) is 38.0 Å². The largest absolute Gasteiger partial charge is 0.309 e. The topological polar surface area (TPSA) is 35.6 Å².